The molecular formula is C19H16F3N3S. The molecule has 1 aliphatic rings. The highest BCUT2D eigenvalue weighted by atomic mass is 32.1. The molecular weight excluding hydrogens is 359 g/mol. The number of alkyl halides is 3. The second-order valence-electron chi connectivity index (χ2n) is 6.26. The van der Waals surface area contributed by atoms with E-state index in [1.165, 1.54) is 6.07 Å². The Balaban J connectivity index is 1.53. The van der Waals surface area contributed by atoms with E-state index in [0.29, 0.717) is 25.1 Å². The summed E-state index contributed by atoms with van der Waals surface area (Å²) in [6.45, 7) is 1.51. The molecule has 7 heteroatoms. The van der Waals surface area contributed by atoms with E-state index in [2.05, 4.69) is 9.97 Å². The van der Waals surface area contributed by atoms with Gasteiger partial charge < -0.3 is 0 Å². The van der Waals surface area contributed by atoms with Gasteiger partial charge in [0.1, 0.15) is 0 Å². The molecule has 0 saturated carbocycles. The first-order valence-corrected chi connectivity index (χ1v) is 9.15. The van der Waals surface area contributed by atoms with Crippen LogP contribution in [0.25, 0.3) is 10.7 Å². The van der Waals surface area contributed by atoms with E-state index in [9.17, 15) is 13.2 Å². The second kappa shape index (κ2) is 6.81. The summed E-state index contributed by atoms with van der Waals surface area (Å²) in [6, 6.07) is 9.72. The molecule has 0 aliphatic carbocycles. The number of rotatable bonds is 3. The number of fused-ring (bicyclic) bond motifs is 1. The van der Waals surface area contributed by atoms with Gasteiger partial charge in [-0.05, 0) is 23.1 Å². The summed E-state index contributed by atoms with van der Waals surface area (Å²) in [4.78, 5) is 12.1. The molecule has 4 rings (SSSR count). The van der Waals surface area contributed by atoms with Gasteiger partial charge in [0.15, 0.2) is 5.82 Å². The Kier molecular flexibility index (Phi) is 4.50. The zero-order valence-electron chi connectivity index (χ0n) is 13.8. The van der Waals surface area contributed by atoms with E-state index in [-0.39, 0.29) is 6.54 Å². The SMILES string of the molecule is FC(F)(F)c1ccccc1CN1CCc2nc(-c3cccs3)ncc2C1. The van der Waals surface area contributed by atoms with Gasteiger partial charge in [-0.25, -0.2) is 9.97 Å². The number of benzene rings is 1. The van der Waals surface area contributed by atoms with Crippen LogP contribution in [-0.2, 0) is 25.7 Å². The monoisotopic (exact) mass is 375 g/mol. The minimum Gasteiger partial charge on any atom is -0.294 e. The first-order valence-electron chi connectivity index (χ1n) is 8.27. The van der Waals surface area contributed by atoms with Gasteiger partial charge in [0.2, 0.25) is 0 Å². The molecule has 1 aliphatic heterocycles. The minimum absolute atomic E-state index is 0.266. The van der Waals surface area contributed by atoms with Crippen LogP contribution in [0.4, 0.5) is 13.2 Å². The minimum atomic E-state index is -4.33. The fraction of sp³-hybridized carbons (Fsp3) is 0.263. The van der Waals surface area contributed by atoms with Crippen LogP contribution in [0.1, 0.15) is 22.4 Å². The van der Waals surface area contributed by atoms with E-state index >= 15 is 0 Å². The van der Waals surface area contributed by atoms with Gasteiger partial charge in [-0.3, -0.25) is 4.90 Å². The van der Waals surface area contributed by atoms with Gasteiger partial charge >= 0.3 is 6.18 Å². The lowest BCUT2D eigenvalue weighted by molar-refractivity contribution is -0.138. The largest absolute Gasteiger partial charge is 0.416 e. The molecule has 1 aromatic carbocycles. The van der Waals surface area contributed by atoms with Crippen LogP contribution in [0.3, 0.4) is 0 Å². The molecule has 0 N–H and O–H groups in total. The molecule has 3 heterocycles. The lowest BCUT2D eigenvalue weighted by Crippen LogP contribution is -2.31. The average molecular weight is 375 g/mol. The van der Waals surface area contributed by atoms with Gasteiger partial charge in [-0.15, -0.1) is 11.3 Å². The van der Waals surface area contributed by atoms with Crippen LogP contribution in [0, 0.1) is 0 Å². The van der Waals surface area contributed by atoms with Gasteiger partial charge in [0, 0.05) is 37.8 Å². The van der Waals surface area contributed by atoms with Crippen LogP contribution in [0.15, 0.2) is 48.0 Å². The molecule has 0 fully saturated rings. The summed E-state index contributed by atoms with van der Waals surface area (Å²) >= 11 is 1.59. The first-order chi connectivity index (χ1) is 12.5. The van der Waals surface area contributed by atoms with Crippen LogP contribution >= 0.6 is 11.3 Å². The fourth-order valence-corrected chi connectivity index (χ4v) is 3.87. The maximum absolute atomic E-state index is 13.2. The third-order valence-electron chi connectivity index (χ3n) is 4.47. The molecule has 3 nitrogen and oxygen atoms in total. The molecule has 2 aromatic heterocycles. The molecule has 134 valence electrons. The normalized spacial score (nSPS) is 15.0. The number of hydrogen-bond donors (Lipinski definition) is 0. The molecule has 0 atom stereocenters. The molecule has 0 unspecified atom stereocenters. The topological polar surface area (TPSA) is 29.0 Å². The molecule has 0 bridgehead atoms. The molecule has 0 amide bonds. The third kappa shape index (κ3) is 3.50. The molecule has 26 heavy (non-hydrogen) atoms. The Morgan fingerprint density at radius 3 is 2.73 bits per heavy atom. The highest BCUT2D eigenvalue weighted by Crippen LogP contribution is 2.33. The van der Waals surface area contributed by atoms with Gasteiger partial charge in [0.05, 0.1) is 16.1 Å². The predicted molar refractivity (Wildman–Crippen MR) is 94.6 cm³/mol. The van der Waals surface area contributed by atoms with Crippen molar-refractivity contribution in [3.8, 4) is 10.7 Å². The zero-order valence-corrected chi connectivity index (χ0v) is 14.6. The standard InChI is InChI=1S/C19H16F3N3S/c20-19(21,22)15-5-2-1-4-13(15)11-25-8-7-16-14(12-25)10-23-18(24-16)17-6-3-9-26-17/h1-6,9-10H,7-8,11-12H2. The van der Waals surface area contributed by atoms with Crippen molar-refractivity contribution >= 4 is 11.3 Å². The van der Waals surface area contributed by atoms with E-state index in [4.69, 9.17) is 0 Å². The van der Waals surface area contributed by atoms with Crippen molar-refractivity contribution in [3.63, 3.8) is 0 Å². The molecule has 0 radical (unpaired) electrons. The summed E-state index contributed by atoms with van der Waals surface area (Å²) in [6.07, 6.45) is -1.81. The first kappa shape index (κ1) is 17.2. The predicted octanol–water partition coefficient (Wildman–Crippen LogP) is 4.78. The highest BCUT2D eigenvalue weighted by Gasteiger charge is 2.33. The van der Waals surface area contributed by atoms with Crippen molar-refractivity contribution in [2.24, 2.45) is 0 Å². The Labute approximate surface area is 153 Å². The van der Waals surface area contributed by atoms with E-state index in [0.717, 1.165) is 28.0 Å². The van der Waals surface area contributed by atoms with Crippen molar-refractivity contribution in [1.82, 2.24) is 14.9 Å². The van der Waals surface area contributed by atoms with Crippen molar-refractivity contribution in [3.05, 3.63) is 70.4 Å². The number of aromatic nitrogens is 2. The van der Waals surface area contributed by atoms with Crippen LogP contribution in [-0.4, -0.2) is 21.4 Å². The lowest BCUT2D eigenvalue weighted by Gasteiger charge is -2.29. The summed E-state index contributed by atoms with van der Waals surface area (Å²) in [5.41, 5.74) is 1.72. The number of thiophene rings is 1. The van der Waals surface area contributed by atoms with Gasteiger partial charge in [-0.1, -0.05) is 24.3 Å². The molecule has 0 spiro atoms. The summed E-state index contributed by atoms with van der Waals surface area (Å²) < 4.78 is 39.5. The van der Waals surface area contributed by atoms with Gasteiger partial charge in [0.25, 0.3) is 0 Å². The molecule has 3 aromatic rings. The van der Waals surface area contributed by atoms with E-state index < -0.39 is 11.7 Å². The van der Waals surface area contributed by atoms with Crippen molar-refractivity contribution < 1.29 is 13.2 Å². The van der Waals surface area contributed by atoms with Crippen molar-refractivity contribution in [2.75, 3.05) is 6.54 Å². The Morgan fingerprint density at radius 2 is 1.96 bits per heavy atom. The maximum atomic E-state index is 13.2. The van der Waals surface area contributed by atoms with Gasteiger partial charge in [-0.2, -0.15) is 13.2 Å². The Morgan fingerprint density at radius 1 is 1.12 bits per heavy atom. The smallest absolute Gasteiger partial charge is 0.294 e. The average Bonchev–Trinajstić information content (AvgIpc) is 3.15. The van der Waals surface area contributed by atoms with Crippen LogP contribution in [0.2, 0.25) is 0 Å². The van der Waals surface area contributed by atoms with Crippen molar-refractivity contribution in [2.45, 2.75) is 25.7 Å². The molecule has 0 saturated heterocycles. The third-order valence-corrected chi connectivity index (χ3v) is 5.34. The zero-order chi connectivity index (χ0) is 18.1. The van der Waals surface area contributed by atoms with Crippen LogP contribution in [0.5, 0.6) is 0 Å². The fourth-order valence-electron chi connectivity index (χ4n) is 3.21. The number of halogens is 3. The van der Waals surface area contributed by atoms with E-state index in [1.807, 2.05) is 22.4 Å². The summed E-state index contributed by atoms with van der Waals surface area (Å²) in [5, 5.41) is 1.98. The van der Waals surface area contributed by atoms with Crippen LogP contribution < -0.4 is 0 Å². The number of hydrogen-bond acceptors (Lipinski definition) is 4. The Hall–Kier alpha value is -2.25. The Bertz CT molecular complexity index is 907. The lowest BCUT2D eigenvalue weighted by atomic mass is 10.0. The maximum Gasteiger partial charge on any atom is 0.416 e. The quantitative estimate of drug-likeness (QED) is 0.660. The summed E-state index contributed by atoms with van der Waals surface area (Å²) in [5.74, 6) is 0.717. The number of nitrogens with zero attached hydrogens (tertiary/aromatic N) is 3. The highest BCUT2D eigenvalue weighted by molar-refractivity contribution is 7.13. The van der Waals surface area contributed by atoms with Crippen molar-refractivity contribution in [1.29, 1.82) is 0 Å². The summed E-state index contributed by atoms with van der Waals surface area (Å²) in [7, 11) is 0. The second-order valence-corrected chi connectivity index (χ2v) is 7.21. The van der Waals surface area contributed by atoms with E-state index in [1.54, 1.807) is 29.7 Å².